The van der Waals surface area contributed by atoms with E-state index in [2.05, 4.69) is 4.98 Å². The van der Waals surface area contributed by atoms with Crippen molar-refractivity contribution in [3.63, 3.8) is 0 Å². The van der Waals surface area contributed by atoms with Crippen molar-refractivity contribution in [2.24, 2.45) is 12.8 Å². The van der Waals surface area contributed by atoms with Gasteiger partial charge in [-0.15, -0.1) is 0 Å². The highest BCUT2D eigenvalue weighted by Crippen LogP contribution is 2.49. The molecule has 3 nitrogen and oxygen atoms in total. The monoisotopic (exact) mass is 435 g/mol. The van der Waals surface area contributed by atoms with E-state index in [9.17, 15) is 35.1 Å². The van der Waals surface area contributed by atoms with E-state index in [1.54, 1.807) is 0 Å². The van der Waals surface area contributed by atoms with Crippen LogP contribution in [0.2, 0.25) is 0 Å². The molecule has 1 heterocycles. The van der Waals surface area contributed by atoms with Crippen LogP contribution in [-0.2, 0) is 12.6 Å². The molecule has 0 aliphatic carbocycles. The molecule has 3 aromatic rings. The fourth-order valence-electron chi connectivity index (χ4n) is 3.01. The maximum Gasteiger partial charge on any atom is 0.422 e. The standard InChI is InChI=1S/C19H13F8N3/c1-30-15(11-4-8-13(21)9-5-11)14(10-2-6-12(20)7-3-10)29-16(30)17(28,18(22,23)24)19(25,26)27/h2-9H,28H2,1H3. The van der Waals surface area contributed by atoms with Gasteiger partial charge in [0.2, 0.25) is 0 Å². The van der Waals surface area contributed by atoms with Crippen molar-refractivity contribution in [2.75, 3.05) is 0 Å². The molecule has 0 unspecified atom stereocenters. The van der Waals surface area contributed by atoms with Crippen LogP contribution < -0.4 is 5.73 Å². The second-order valence-corrected chi connectivity index (χ2v) is 6.51. The second kappa shape index (κ2) is 7.08. The summed E-state index contributed by atoms with van der Waals surface area (Å²) >= 11 is 0. The molecule has 1 aromatic heterocycles. The molecular weight excluding hydrogens is 422 g/mol. The first-order valence-electron chi connectivity index (χ1n) is 8.28. The predicted octanol–water partition coefficient (Wildman–Crippen LogP) is 5.31. The van der Waals surface area contributed by atoms with E-state index >= 15 is 0 Å². The SMILES string of the molecule is Cn1c(C(N)(C(F)(F)F)C(F)(F)F)nc(-c2ccc(F)cc2)c1-c1ccc(F)cc1. The van der Waals surface area contributed by atoms with Crippen LogP contribution in [0.3, 0.4) is 0 Å². The molecule has 0 bridgehead atoms. The summed E-state index contributed by atoms with van der Waals surface area (Å²) in [7, 11) is 0.938. The molecule has 11 heteroatoms. The average molecular weight is 435 g/mol. The average Bonchev–Trinajstić information content (AvgIpc) is 2.98. The van der Waals surface area contributed by atoms with Crippen LogP contribution in [0.4, 0.5) is 35.1 Å². The zero-order chi connectivity index (χ0) is 22.5. The molecule has 0 radical (unpaired) electrons. The summed E-state index contributed by atoms with van der Waals surface area (Å²) in [6.07, 6.45) is -11.9. The molecule has 0 atom stereocenters. The van der Waals surface area contributed by atoms with Crippen LogP contribution in [0.25, 0.3) is 22.5 Å². The summed E-state index contributed by atoms with van der Waals surface area (Å²) < 4.78 is 108. The number of aromatic nitrogens is 2. The van der Waals surface area contributed by atoms with Crippen molar-refractivity contribution in [1.29, 1.82) is 0 Å². The minimum Gasteiger partial charge on any atom is -0.328 e. The Morgan fingerprint density at radius 2 is 1.13 bits per heavy atom. The number of halogens is 8. The molecule has 0 amide bonds. The lowest BCUT2D eigenvalue weighted by Crippen LogP contribution is -2.62. The number of benzene rings is 2. The van der Waals surface area contributed by atoms with Crippen molar-refractivity contribution in [2.45, 2.75) is 17.9 Å². The summed E-state index contributed by atoms with van der Waals surface area (Å²) in [4.78, 5) is 3.60. The Labute approximate surface area is 164 Å². The summed E-state index contributed by atoms with van der Waals surface area (Å²) in [5, 5.41) is 0. The Kier molecular flexibility index (Phi) is 5.13. The lowest BCUT2D eigenvalue weighted by atomic mass is 9.98. The third kappa shape index (κ3) is 3.42. The Balaban J connectivity index is 2.38. The van der Waals surface area contributed by atoms with Crippen LogP contribution in [0.5, 0.6) is 0 Å². The largest absolute Gasteiger partial charge is 0.422 e. The van der Waals surface area contributed by atoms with Gasteiger partial charge in [-0.3, -0.25) is 0 Å². The van der Waals surface area contributed by atoms with Crippen LogP contribution in [-0.4, -0.2) is 21.9 Å². The number of rotatable bonds is 3. The summed E-state index contributed by atoms with van der Waals surface area (Å²) in [6.45, 7) is 0. The fraction of sp³-hybridized carbons (Fsp3) is 0.211. The van der Waals surface area contributed by atoms with Crippen molar-refractivity contribution >= 4 is 0 Å². The Bertz CT molecular complexity index is 1030. The van der Waals surface area contributed by atoms with E-state index in [0.29, 0.717) is 4.57 Å². The number of hydrogen-bond acceptors (Lipinski definition) is 2. The summed E-state index contributed by atoms with van der Waals surface area (Å²) in [5.41, 5.74) is -0.220. The molecule has 0 spiro atoms. The third-order valence-corrected chi connectivity index (χ3v) is 4.58. The summed E-state index contributed by atoms with van der Waals surface area (Å²) in [6, 6.07) is 8.55. The van der Waals surface area contributed by atoms with Gasteiger partial charge in [-0.1, -0.05) is 0 Å². The molecule has 0 saturated heterocycles. The lowest BCUT2D eigenvalue weighted by Gasteiger charge is -2.32. The van der Waals surface area contributed by atoms with Gasteiger partial charge in [0.15, 0.2) is 0 Å². The first-order chi connectivity index (χ1) is 13.8. The van der Waals surface area contributed by atoms with E-state index in [1.807, 2.05) is 0 Å². The third-order valence-electron chi connectivity index (χ3n) is 4.58. The van der Waals surface area contributed by atoms with Crippen molar-refractivity contribution in [3.8, 4) is 22.5 Å². The van der Waals surface area contributed by atoms with Crippen LogP contribution in [0.15, 0.2) is 48.5 Å². The number of alkyl halides is 6. The highest BCUT2D eigenvalue weighted by atomic mass is 19.4. The van der Waals surface area contributed by atoms with E-state index in [1.165, 1.54) is 12.1 Å². The molecule has 0 aliphatic heterocycles. The second-order valence-electron chi connectivity index (χ2n) is 6.51. The highest BCUT2D eigenvalue weighted by molar-refractivity contribution is 5.79. The lowest BCUT2D eigenvalue weighted by molar-refractivity contribution is -0.304. The van der Waals surface area contributed by atoms with Crippen LogP contribution >= 0.6 is 0 Å². The minimum atomic E-state index is -5.93. The minimum absolute atomic E-state index is 0.0456. The molecule has 2 N–H and O–H groups in total. The molecule has 0 aliphatic rings. The van der Waals surface area contributed by atoms with Gasteiger partial charge in [0.1, 0.15) is 17.5 Å². The molecule has 0 saturated carbocycles. The smallest absolute Gasteiger partial charge is 0.328 e. The summed E-state index contributed by atoms with van der Waals surface area (Å²) in [5.74, 6) is -2.85. The maximum atomic E-state index is 13.5. The van der Waals surface area contributed by atoms with Crippen molar-refractivity contribution in [3.05, 3.63) is 66.0 Å². The molecule has 160 valence electrons. The molecular formula is C19H13F8N3. The van der Waals surface area contributed by atoms with E-state index in [-0.39, 0.29) is 22.5 Å². The van der Waals surface area contributed by atoms with E-state index in [4.69, 9.17) is 5.73 Å². The maximum absolute atomic E-state index is 13.5. The van der Waals surface area contributed by atoms with Gasteiger partial charge in [0.25, 0.3) is 5.54 Å². The zero-order valence-corrected chi connectivity index (χ0v) is 15.1. The molecule has 0 fully saturated rings. The number of imidazole rings is 1. The highest BCUT2D eigenvalue weighted by Gasteiger charge is 2.72. The van der Waals surface area contributed by atoms with Gasteiger partial charge in [0, 0.05) is 18.2 Å². The Hall–Kier alpha value is -2.95. The van der Waals surface area contributed by atoms with Gasteiger partial charge >= 0.3 is 12.4 Å². The number of nitrogens with two attached hydrogens (primary N) is 1. The van der Waals surface area contributed by atoms with E-state index in [0.717, 1.165) is 43.4 Å². The normalized spacial score (nSPS) is 13.0. The topological polar surface area (TPSA) is 43.8 Å². The van der Waals surface area contributed by atoms with Gasteiger partial charge in [-0.25, -0.2) is 13.8 Å². The molecule has 3 rings (SSSR count). The van der Waals surface area contributed by atoms with E-state index < -0.39 is 35.4 Å². The van der Waals surface area contributed by atoms with Gasteiger partial charge in [-0.05, 0) is 48.5 Å². The van der Waals surface area contributed by atoms with Gasteiger partial charge in [0.05, 0.1) is 11.4 Å². The van der Waals surface area contributed by atoms with Crippen molar-refractivity contribution in [1.82, 2.24) is 9.55 Å². The van der Waals surface area contributed by atoms with Crippen molar-refractivity contribution < 1.29 is 35.1 Å². The number of hydrogen-bond donors (Lipinski definition) is 1. The first kappa shape index (κ1) is 21.8. The fourth-order valence-corrected chi connectivity index (χ4v) is 3.01. The Morgan fingerprint density at radius 3 is 1.53 bits per heavy atom. The van der Waals surface area contributed by atoms with Gasteiger partial charge in [-0.2, -0.15) is 26.3 Å². The molecule has 2 aromatic carbocycles. The predicted molar refractivity (Wildman–Crippen MR) is 92.0 cm³/mol. The quantitative estimate of drug-likeness (QED) is 0.567. The molecule has 30 heavy (non-hydrogen) atoms. The van der Waals surface area contributed by atoms with Gasteiger partial charge < -0.3 is 10.3 Å². The van der Waals surface area contributed by atoms with Crippen LogP contribution in [0.1, 0.15) is 5.82 Å². The number of nitrogens with zero attached hydrogens (tertiary/aromatic N) is 2. The Morgan fingerprint density at radius 1 is 0.733 bits per heavy atom. The first-order valence-corrected chi connectivity index (χ1v) is 8.28. The van der Waals surface area contributed by atoms with Crippen LogP contribution in [0, 0.1) is 11.6 Å². The zero-order valence-electron chi connectivity index (χ0n) is 15.1.